The molecule has 0 aromatic heterocycles. The molecule has 3 rings (SSSR count). The monoisotopic (exact) mass is 227 g/mol. The molecule has 1 N–H and O–H groups in total. The standard InChI is InChI=1S/C11H17NO4/c13-7-12-8-5-9-1-2-11(10(6-8)16-9)14-3-4-15-11/h7-10H,1-6H2,(H,12,13). The maximum Gasteiger partial charge on any atom is 0.207 e. The van der Waals surface area contributed by atoms with Crippen LogP contribution < -0.4 is 5.32 Å². The lowest BCUT2D eigenvalue weighted by molar-refractivity contribution is -0.288. The molecule has 1 spiro atoms. The largest absolute Gasteiger partial charge is 0.369 e. The van der Waals surface area contributed by atoms with Gasteiger partial charge in [0.25, 0.3) is 0 Å². The van der Waals surface area contributed by atoms with E-state index in [1.54, 1.807) is 0 Å². The molecule has 1 amide bonds. The third kappa shape index (κ3) is 1.63. The first-order valence-corrected chi connectivity index (χ1v) is 5.95. The predicted molar refractivity (Wildman–Crippen MR) is 54.8 cm³/mol. The molecule has 2 bridgehead atoms. The molecule has 0 aliphatic carbocycles. The van der Waals surface area contributed by atoms with Gasteiger partial charge in [0.1, 0.15) is 6.10 Å². The van der Waals surface area contributed by atoms with Crippen LogP contribution in [0.5, 0.6) is 0 Å². The highest BCUT2D eigenvalue weighted by molar-refractivity contribution is 5.46. The summed E-state index contributed by atoms with van der Waals surface area (Å²) in [6.45, 7) is 1.30. The van der Waals surface area contributed by atoms with Crippen LogP contribution in [0, 0.1) is 0 Å². The lowest BCUT2D eigenvalue weighted by Crippen LogP contribution is -2.57. The number of ether oxygens (including phenoxy) is 3. The molecule has 3 saturated heterocycles. The second-order valence-corrected chi connectivity index (χ2v) is 4.75. The maximum atomic E-state index is 10.5. The van der Waals surface area contributed by atoms with Crippen LogP contribution in [0.15, 0.2) is 0 Å². The molecular weight excluding hydrogens is 210 g/mol. The van der Waals surface area contributed by atoms with E-state index in [0.717, 1.165) is 32.1 Å². The van der Waals surface area contributed by atoms with Crippen LogP contribution in [0.2, 0.25) is 0 Å². The molecule has 0 radical (unpaired) electrons. The van der Waals surface area contributed by atoms with Crippen molar-refractivity contribution in [3.05, 3.63) is 0 Å². The number of carbonyl (C=O) groups is 1. The van der Waals surface area contributed by atoms with E-state index in [-0.39, 0.29) is 18.2 Å². The van der Waals surface area contributed by atoms with Crippen LogP contribution in [0.25, 0.3) is 0 Å². The fraction of sp³-hybridized carbons (Fsp3) is 0.909. The van der Waals surface area contributed by atoms with Crippen molar-refractivity contribution in [2.45, 2.75) is 49.7 Å². The highest BCUT2D eigenvalue weighted by Gasteiger charge is 2.52. The van der Waals surface area contributed by atoms with E-state index in [1.165, 1.54) is 0 Å². The number of carbonyl (C=O) groups excluding carboxylic acids is 1. The van der Waals surface area contributed by atoms with Crippen LogP contribution in [0.4, 0.5) is 0 Å². The number of nitrogens with one attached hydrogen (secondary N) is 1. The van der Waals surface area contributed by atoms with Crippen molar-refractivity contribution in [1.82, 2.24) is 5.32 Å². The van der Waals surface area contributed by atoms with Crippen LogP contribution in [0.1, 0.15) is 25.7 Å². The summed E-state index contributed by atoms with van der Waals surface area (Å²) in [5.41, 5.74) is 0. The van der Waals surface area contributed by atoms with E-state index in [4.69, 9.17) is 14.2 Å². The average molecular weight is 227 g/mol. The lowest BCUT2D eigenvalue weighted by Gasteiger charge is -2.47. The summed E-state index contributed by atoms with van der Waals surface area (Å²) in [5, 5.41) is 2.85. The molecule has 3 aliphatic rings. The zero-order valence-corrected chi connectivity index (χ0v) is 9.19. The average Bonchev–Trinajstić information content (AvgIpc) is 2.75. The van der Waals surface area contributed by atoms with Crippen molar-refractivity contribution in [3.8, 4) is 0 Å². The minimum Gasteiger partial charge on any atom is -0.369 e. The van der Waals surface area contributed by atoms with Crippen LogP contribution in [-0.4, -0.2) is 43.7 Å². The van der Waals surface area contributed by atoms with Gasteiger partial charge in [-0.15, -0.1) is 0 Å². The second kappa shape index (κ2) is 3.98. The second-order valence-electron chi connectivity index (χ2n) is 4.75. The van der Waals surface area contributed by atoms with Crippen molar-refractivity contribution >= 4 is 6.41 Å². The summed E-state index contributed by atoms with van der Waals surface area (Å²) in [6.07, 6.45) is 4.55. The highest BCUT2D eigenvalue weighted by atomic mass is 16.8. The Hall–Kier alpha value is -0.650. The quantitative estimate of drug-likeness (QED) is 0.684. The zero-order chi connectivity index (χ0) is 11.0. The summed E-state index contributed by atoms with van der Waals surface area (Å²) in [7, 11) is 0. The van der Waals surface area contributed by atoms with Crippen molar-refractivity contribution in [2.24, 2.45) is 0 Å². The molecule has 0 aromatic rings. The summed E-state index contributed by atoms with van der Waals surface area (Å²) >= 11 is 0. The van der Waals surface area contributed by atoms with Gasteiger partial charge in [-0.25, -0.2) is 0 Å². The summed E-state index contributed by atoms with van der Waals surface area (Å²) in [4.78, 5) is 10.5. The van der Waals surface area contributed by atoms with E-state index in [0.29, 0.717) is 13.2 Å². The van der Waals surface area contributed by atoms with Gasteiger partial charge >= 0.3 is 0 Å². The van der Waals surface area contributed by atoms with Gasteiger partial charge in [0.2, 0.25) is 6.41 Å². The molecule has 90 valence electrons. The smallest absolute Gasteiger partial charge is 0.207 e. The highest BCUT2D eigenvalue weighted by Crippen LogP contribution is 2.42. The van der Waals surface area contributed by atoms with Crippen LogP contribution in [0.3, 0.4) is 0 Å². The van der Waals surface area contributed by atoms with E-state index in [2.05, 4.69) is 5.32 Å². The normalized spacial score (nSPS) is 40.9. The zero-order valence-electron chi connectivity index (χ0n) is 9.19. The van der Waals surface area contributed by atoms with Gasteiger partial charge in [-0.3, -0.25) is 4.79 Å². The first-order chi connectivity index (χ1) is 7.82. The number of amides is 1. The van der Waals surface area contributed by atoms with Gasteiger partial charge in [-0.1, -0.05) is 0 Å². The van der Waals surface area contributed by atoms with Gasteiger partial charge in [0, 0.05) is 12.5 Å². The Balaban J connectivity index is 1.74. The molecule has 3 aliphatic heterocycles. The Bertz CT molecular complexity index is 277. The molecule has 3 unspecified atom stereocenters. The predicted octanol–water partition coefficient (Wildman–Crippen LogP) is 0.185. The minimum absolute atomic E-state index is 0.0278. The molecule has 5 nitrogen and oxygen atoms in total. The lowest BCUT2D eigenvalue weighted by atomic mass is 9.84. The SMILES string of the molecule is O=CNC1CC2CCC3(OCCO3)C(C1)O2. The van der Waals surface area contributed by atoms with E-state index in [9.17, 15) is 4.79 Å². The van der Waals surface area contributed by atoms with Crippen LogP contribution >= 0.6 is 0 Å². The van der Waals surface area contributed by atoms with E-state index in [1.807, 2.05) is 0 Å². The molecule has 3 fully saturated rings. The fourth-order valence-corrected chi connectivity index (χ4v) is 3.04. The molecule has 3 heterocycles. The van der Waals surface area contributed by atoms with Gasteiger partial charge < -0.3 is 19.5 Å². The molecule has 0 saturated carbocycles. The van der Waals surface area contributed by atoms with E-state index < -0.39 is 5.79 Å². The Morgan fingerprint density at radius 2 is 2.06 bits per heavy atom. The summed E-state index contributed by atoms with van der Waals surface area (Å²) < 4.78 is 17.4. The Morgan fingerprint density at radius 3 is 2.81 bits per heavy atom. The third-order valence-corrected chi connectivity index (χ3v) is 3.79. The summed E-state index contributed by atoms with van der Waals surface area (Å²) in [6, 6.07) is 0.200. The number of hydrogen-bond acceptors (Lipinski definition) is 4. The first-order valence-electron chi connectivity index (χ1n) is 5.95. The third-order valence-electron chi connectivity index (χ3n) is 3.79. The van der Waals surface area contributed by atoms with Crippen LogP contribution in [-0.2, 0) is 19.0 Å². The van der Waals surface area contributed by atoms with E-state index >= 15 is 0 Å². The van der Waals surface area contributed by atoms with Gasteiger partial charge in [0.05, 0.1) is 19.3 Å². The molecule has 16 heavy (non-hydrogen) atoms. The Kier molecular flexibility index (Phi) is 2.61. The number of fused-ring (bicyclic) bond motifs is 3. The van der Waals surface area contributed by atoms with Gasteiger partial charge in [-0.2, -0.15) is 0 Å². The van der Waals surface area contributed by atoms with Gasteiger partial charge in [-0.05, 0) is 19.3 Å². The number of hydrogen-bond donors (Lipinski definition) is 1. The minimum atomic E-state index is -0.528. The first kappa shape index (κ1) is 10.5. The Labute approximate surface area is 94.4 Å². The Morgan fingerprint density at radius 1 is 1.25 bits per heavy atom. The van der Waals surface area contributed by atoms with Crippen molar-refractivity contribution in [1.29, 1.82) is 0 Å². The topological polar surface area (TPSA) is 56.8 Å². The molecule has 5 heteroatoms. The van der Waals surface area contributed by atoms with Crippen molar-refractivity contribution in [3.63, 3.8) is 0 Å². The maximum absolute atomic E-state index is 10.5. The van der Waals surface area contributed by atoms with Crippen molar-refractivity contribution < 1.29 is 19.0 Å². The molecular formula is C11H17NO4. The van der Waals surface area contributed by atoms with Gasteiger partial charge in [0.15, 0.2) is 5.79 Å². The fourth-order valence-electron chi connectivity index (χ4n) is 3.04. The molecule has 0 aromatic carbocycles. The summed E-state index contributed by atoms with van der Waals surface area (Å²) in [5.74, 6) is -0.528. The number of rotatable bonds is 2. The van der Waals surface area contributed by atoms with Crippen molar-refractivity contribution in [2.75, 3.05) is 13.2 Å². The molecule has 3 atom stereocenters.